The first-order chi connectivity index (χ1) is 14.4. The lowest BCUT2D eigenvalue weighted by Gasteiger charge is -2.28. The number of aromatic nitrogens is 1. The fourth-order valence-corrected chi connectivity index (χ4v) is 4.50. The van der Waals surface area contributed by atoms with Crippen molar-refractivity contribution in [1.29, 1.82) is 0 Å². The fraction of sp³-hybridized carbons (Fsp3) is 0.524. The van der Waals surface area contributed by atoms with Gasteiger partial charge >= 0.3 is 5.97 Å². The predicted octanol–water partition coefficient (Wildman–Crippen LogP) is 1.75. The van der Waals surface area contributed by atoms with E-state index >= 15 is 4.39 Å². The number of aliphatic hydroxyl groups excluding tert-OH is 2. The molecule has 1 saturated heterocycles. The van der Waals surface area contributed by atoms with Crippen LogP contribution in [-0.2, 0) is 0 Å². The molecule has 0 bridgehead atoms. The molecule has 2 fully saturated rings. The standard InChI is InChI=1S/C21H25FN2O6/c1-30-19-16-13(18(27)14(20(28)29)9-24(16)12-2-3-12)8-15(22)17(19)23-6-4-21(10-23,11-26)5-7-25/h8-9,12,25-26H,2-7,10-11H2,1H3,(H,28,29). The van der Waals surface area contributed by atoms with Crippen molar-refractivity contribution in [2.24, 2.45) is 5.41 Å². The second kappa shape index (κ2) is 7.55. The largest absolute Gasteiger partial charge is 0.492 e. The molecule has 0 radical (unpaired) electrons. The molecule has 1 atom stereocenters. The summed E-state index contributed by atoms with van der Waals surface area (Å²) in [5.41, 5.74) is -1.11. The fourth-order valence-electron chi connectivity index (χ4n) is 4.50. The summed E-state index contributed by atoms with van der Waals surface area (Å²) >= 11 is 0. The van der Waals surface area contributed by atoms with Crippen LogP contribution in [0, 0.1) is 11.2 Å². The van der Waals surface area contributed by atoms with Crippen LogP contribution in [0.5, 0.6) is 5.75 Å². The highest BCUT2D eigenvalue weighted by Crippen LogP contribution is 2.46. The molecule has 1 aliphatic heterocycles. The minimum Gasteiger partial charge on any atom is -0.492 e. The van der Waals surface area contributed by atoms with Gasteiger partial charge in [-0.15, -0.1) is 0 Å². The van der Waals surface area contributed by atoms with Crippen LogP contribution in [0.25, 0.3) is 10.9 Å². The highest BCUT2D eigenvalue weighted by molar-refractivity contribution is 5.97. The third-order valence-electron chi connectivity index (χ3n) is 6.31. The monoisotopic (exact) mass is 420 g/mol. The first-order valence-corrected chi connectivity index (χ1v) is 10.0. The Hall–Kier alpha value is -2.65. The maximum Gasteiger partial charge on any atom is 0.341 e. The average molecular weight is 420 g/mol. The average Bonchev–Trinajstić information content (AvgIpc) is 3.48. The minimum absolute atomic E-state index is 0.0251. The number of halogens is 1. The Balaban J connectivity index is 1.94. The third kappa shape index (κ3) is 3.22. The van der Waals surface area contributed by atoms with E-state index in [2.05, 4.69) is 0 Å². The second-order valence-corrected chi connectivity index (χ2v) is 8.26. The number of carboxylic acid groups (broad SMARTS) is 1. The van der Waals surface area contributed by atoms with Crippen molar-refractivity contribution in [2.45, 2.75) is 31.7 Å². The van der Waals surface area contributed by atoms with Crippen molar-refractivity contribution in [3.8, 4) is 5.75 Å². The normalized spacial score (nSPS) is 21.4. The minimum atomic E-state index is -1.35. The zero-order valence-electron chi connectivity index (χ0n) is 16.7. The van der Waals surface area contributed by atoms with Gasteiger partial charge in [0.15, 0.2) is 11.6 Å². The van der Waals surface area contributed by atoms with Crippen LogP contribution in [-0.4, -0.2) is 59.3 Å². The number of aliphatic hydroxyl groups is 2. The van der Waals surface area contributed by atoms with Gasteiger partial charge in [-0.2, -0.15) is 0 Å². The molecule has 1 aliphatic carbocycles. The number of hydrogen-bond acceptors (Lipinski definition) is 6. The summed E-state index contributed by atoms with van der Waals surface area (Å²) in [4.78, 5) is 26.1. The smallest absolute Gasteiger partial charge is 0.341 e. The van der Waals surface area contributed by atoms with Crippen LogP contribution >= 0.6 is 0 Å². The number of carboxylic acids is 1. The maximum absolute atomic E-state index is 15.3. The van der Waals surface area contributed by atoms with Crippen LogP contribution in [0.1, 0.15) is 42.1 Å². The first-order valence-electron chi connectivity index (χ1n) is 10.0. The molecule has 1 aromatic heterocycles. The summed E-state index contributed by atoms with van der Waals surface area (Å²) in [7, 11) is 1.40. The van der Waals surface area contributed by atoms with Gasteiger partial charge in [-0.25, -0.2) is 9.18 Å². The van der Waals surface area contributed by atoms with Gasteiger partial charge in [-0.3, -0.25) is 4.79 Å². The Morgan fingerprint density at radius 3 is 2.67 bits per heavy atom. The van der Waals surface area contributed by atoms with E-state index in [9.17, 15) is 24.9 Å². The van der Waals surface area contributed by atoms with Crippen LogP contribution < -0.4 is 15.1 Å². The summed E-state index contributed by atoms with van der Waals surface area (Å²) in [5.74, 6) is -1.85. The molecular formula is C21H25FN2O6. The summed E-state index contributed by atoms with van der Waals surface area (Å²) in [6.07, 6.45) is 3.97. The number of ether oxygens (including phenoxy) is 1. The van der Waals surface area contributed by atoms with E-state index in [1.54, 1.807) is 9.47 Å². The number of benzene rings is 1. The number of nitrogens with zero attached hydrogens (tertiary/aromatic N) is 2. The van der Waals surface area contributed by atoms with Gasteiger partial charge in [0.05, 0.1) is 24.6 Å². The summed E-state index contributed by atoms with van der Waals surface area (Å²) in [6, 6.07) is 1.12. The first kappa shape index (κ1) is 20.6. The van der Waals surface area contributed by atoms with Crippen molar-refractivity contribution in [3.05, 3.63) is 33.9 Å². The number of aromatic carboxylic acids is 1. The van der Waals surface area contributed by atoms with E-state index in [0.717, 1.165) is 18.9 Å². The Bertz CT molecular complexity index is 1060. The molecule has 2 aliphatic rings. The highest BCUT2D eigenvalue weighted by atomic mass is 19.1. The number of pyridine rings is 1. The molecule has 8 nitrogen and oxygen atoms in total. The van der Waals surface area contributed by atoms with Crippen LogP contribution in [0.2, 0.25) is 0 Å². The predicted molar refractivity (Wildman–Crippen MR) is 108 cm³/mol. The number of hydrogen-bond donors (Lipinski definition) is 3. The zero-order valence-corrected chi connectivity index (χ0v) is 16.7. The number of fused-ring (bicyclic) bond motifs is 1. The summed E-state index contributed by atoms with van der Waals surface area (Å²) in [5, 5.41) is 28.6. The summed E-state index contributed by atoms with van der Waals surface area (Å²) < 4.78 is 22.6. The second-order valence-electron chi connectivity index (χ2n) is 8.26. The number of rotatable bonds is 7. The van der Waals surface area contributed by atoms with Gasteiger partial charge in [0, 0.05) is 37.4 Å². The number of anilines is 1. The van der Waals surface area contributed by atoms with Gasteiger partial charge in [-0.05, 0) is 31.7 Å². The van der Waals surface area contributed by atoms with E-state index in [0.29, 0.717) is 31.4 Å². The molecule has 30 heavy (non-hydrogen) atoms. The van der Waals surface area contributed by atoms with Crippen LogP contribution in [0.4, 0.5) is 10.1 Å². The molecule has 162 valence electrons. The highest BCUT2D eigenvalue weighted by Gasteiger charge is 2.40. The van der Waals surface area contributed by atoms with Crippen LogP contribution in [0.3, 0.4) is 0 Å². The van der Waals surface area contributed by atoms with E-state index < -0.39 is 28.2 Å². The molecule has 1 aromatic carbocycles. The Morgan fingerprint density at radius 1 is 1.37 bits per heavy atom. The van der Waals surface area contributed by atoms with Crippen molar-refractivity contribution in [2.75, 3.05) is 38.3 Å². The van der Waals surface area contributed by atoms with Crippen molar-refractivity contribution in [1.82, 2.24) is 4.57 Å². The van der Waals surface area contributed by atoms with Crippen molar-refractivity contribution in [3.63, 3.8) is 0 Å². The van der Waals surface area contributed by atoms with Gasteiger partial charge < -0.3 is 29.5 Å². The van der Waals surface area contributed by atoms with E-state index in [-0.39, 0.29) is 36.1 Å². The Kier molecular flexibility index (Phi) is 5.19. The molecule has 0 spiro atoms. The van der Waals surface area contributed by atoms with Gasteiger partial charge in [0.2, 0.25) is 5.43 Å². The quantitative estimate of drug-likeness (QED) is 0.626. The van der Waals surface area contributed by atoms with Crippen LogP contribution in [0.15, 0.2) is 17.1 Å². The lowest BCUT2D eigenvalue weighted by Crippen LogP contribution is -2.32. The third-order valence-corrected chi connectivity index (χ3v) is 6.31. The molecule has 1 saturated carbocycles. The maximum atomic E-state index is 15.3. The SMILES string of the molecule is COc1c(N2CCC(CO)(CCO)C2)c(F)cc2c(=O)c(C(=O)O)cn(C3CC3)c12. The molecular weight excluding hydrogens is 395 g/mol. The van der Waals surface area contributed by atoms with E-state index in [4.69, 9.17) is 4.74 Å². The molecule has 4 rings (SSSR count). The van der Waals surface area contributed by atoms with Crippen molar-refractivity contribution >= 4 is 22.6 Å². The molecule has 1 unspecified atom stereocenters. The molecule has 3 N–H and O–H groups in total. The lowest BCUT2D eigenvalue weighted by molar-refractivity contribution is 0.0694. The van der Waals surface area contributed by atoms with Gasteiger partial charge in [-0.1, -0.05) is 0 Å². The Morgan fingerprint density at radius 2 is 2.10 bits per heavy atom. The Labute approximate surface area is 172 Å². The molecule has 9 heteroatoms. The van der Waals surface area contributed by atoms with Gasteiger partial charge in [0.25, 0.3) is 0 Å². The topological polar surface area (TPSA) is 112 Å². The lowest BCUT2D eigenvalue weighted by atomic mass is 9.85. The van der Waals surface area contributed by atoms with E-state index in [1.165, 1.54) is 13.3 Å². The molecule has 2 aromatic rings. The zero-order chi connectivity index (χ0) is 21.6. The number of methoxy groups -OCH3 is 1. The van der Waals surface area contributed by atoms with Crippen molar-refractivity contribution < 1.29 is 29.2 Å². The number of carbonyl (C=O) groups is 1. The van der Waals surface area contributed by atoms with E-state index in [1.807, 2.05) is 0 Å². The van der Waals surface area contributed by atoms with Gasteiger partial charge in [0.1, 0.15) is 11.3 Å². The summed E-state index contributed by atoms with van der Waals surface area (Å²) in [6.45, 7) is 0.588. The molecule has 0 amide bonds. The molecule has 2 heterocycles.